The minimum atomic E-state index is -0.481. The van der Waals surface area contributed by atoms with Gasteiger partial charge in [-0.1, -0.05) is 18.2 Å². The number of hydrogen-bond donors (Lipinski definition) is 1. The van der Waals surface area contributed by atoms with E-state index in [1.54, 1.807) is 25.1 Å². The van der Waals surface area contributed by atoms with Crippen LogP contribution in [0, 0.1) is 6.92 Å². The topological polar surface area (TPSA) is 99.5 Å². The Bertz CT molecular complexity index is 1180. The standard InChI is InChI=1S/C20H17N3O5/c1-11-13-5-3-4-6-14(13)20(26)23(22-11)9-19(25)21-16-8-18-17(27-10-28-18)7-15(16)12(2)24/h3-8H,9-10H2,1-2H3,(H,21,25). The van der Waals surface area contributed by atoms with Gasteiger partial charge < -0.3 is 14.8 Å². The molecule has 2 aromatic carbocycles. The summed E-state index contributed by atoms with van der Waals surface area (Å²) in [7, 11) is 0. The zero-order chi connectivity index (χ0) is 19.8. The number of hydrogen-bond acceptors (Lipinski definition) is 6. The summed E-state index contributed by atoms with van der Waals surface area (Å²) in [5.41, 5.74) is 0.893. The SMILES string of the molecule is CC(=O)c1cc2c(cc1NC(=O)Cn1nc(C)c3ccccc3c1=O)OCO2. The molecule has 0 saturated carbocycles. The van der Waals surface area contributed by atoms with E-state index in [4.69, 9.17) is 9.47 Å². The normalized spacial score (nSPS) is 12.2. The Labute approximate surface area is 159 Å². The number of carbonyl (C=O) groups is 2. The molecule has 2 heterocycles. The van der Waals surface area contributed by atoms with Gasteiger partial charge in [0.1, 0.15) is 6.54 Å². The van der Waals surface area contributed by atoms with Crippen molar-refractivity contribution in [1.82, 2.24) is 9.78 Å². The van der Waals surface area contributed by atoms with Gasteiger partial charge in [-0.2, -0.15) is 5.10 Å². The van der Waals surface area contributed by atoms with E-state index in [0.717, 1.165) is 10.1 Å². The van der Waals surface area contributed by atoms with Gasteiger partial charge in [0.25, 0.3) is 5.56 Å². The fraction of sp³-hybridized carbons (Fsp3) is 0.200. The number of ether oxygens (including phenoxy) is 2. The van der Waals surface area contributed by atoms with Gasteiger partial charge in [0, 0.05) is 17.0 Å². The van der Waals surface area contributed by atoms with Crippen molar-refractivity contribution < 1.29 is 19.1 Å². The zero-order valence-corrected chi connectivity index (χ0v) is 15.3. The number of Topliss-reactive ketones (excluding diaryl/α,β-unsaturated/α-hetero) is 1. The second-order valence-electron chi connectivity index (χ2n) is 6.45. The number of amides is 1. The molecule has 0 fully saturated rings. The van der Waals surface area contributed by atoms with Crippen LogP contribution < -0.4 is 20.3 Å². The minimum absolute atomic E-state index is 0.0553. The second-order valence-corrected chi connectivity index (χ2v) is 6.45. The van der Waals surface area contributed by atoms with Gasteiger partial charge in [-0.3, -0.25) is 14.4 Å². The summed E-state index contributed by atoms with van der Waals surface area (Å²) in [5.74, 6) is 0.180. The van der Waals surface area contributed by atoms with Crippen LogP contribution in [0.1, 0.15) is 23.0 Å². The Hall–Kier alpha value is -3.68. The number of anilines is 1. The molecular weight excluding hydrogens is 362 g/mol. The van der Waals surface area contributed by atoms with E-state index in [2.05, 4.69) is 10.4 Å². The summed E-state index contributed by atoms with van der Waals surface area (Å²) >= 11 is 0. The lowest BCUT2D eigenvalue weighted by Gasteiger charge is -2.12. The predicted octanol–water partition coefficient (Wildman–Crippen LogP) is 2.27. The molecule has 4 rings (SSSR count). The summed E-state index contributed by atoms with van der Waals surface area (Å²) < 4.78 is 11.7. The first kappa shape index (κ1) is 17.7. The van der Waals surface area contributed by atoms with Gasteiger partial charge in [-0.05, 0) is 26.0 Å². The zero-order valence-electron chi connectivity index (χ0n) is 15.3. The first-order valence-corrected chi connectivity index (χ1v) is 8.65. The molecule has 8 heteroatoms. The molecule has 0 spiro atoms. The molecule has 142 valence electrons. The molecule has 8 nitrogen and oxygen atoms in total. The van der Waals surface area contributed by atoms with Crippen molar-refractivity contribution in [2.75, 3.05) is 12.1 Å². The molecule has 1 amide bonds. The van der Waals surface area contributed by atoms with Crippen molar-refractivity contribution in [3.63, 3.8) is 0 Å². The molecule has 1 aromatic heterocycles. The Morgan fingerprint density at radius 3 is 2.54 bits per heavy atom. The largest absolute Gasteiger partial charge is 0.454 e. The third-order valence-corrected chi connectivity index (χ3v) is 4.51. The number of rotatable bonds is 4. The van der Waals surface area contributed by atoms with Crippen LogP contribution in [0.5, 0.6) is 11.5 Å². The van der Waals surface area contributed by atoms with Crippen LogP contribution in [0.25, 0.3) is 10.8 Å². The first-order valence-electron chi connectivity index (χ1n) is 8.65. The molecule has 3 aromatic rings. The fourth-order valence-corrected chi connectivity index (χ4v) is 3.17. The van der Waals surface area contributed by atoms with Gasteiger partial charge in [0.05, 0.1) is 16.8 Å². The lowest BCUT2D eigenvalue weighted by Crippen LogP contribution is -2.30. The maximum atomic E-state index is 12.6. The Morgan fingerprint density at radius 1 is 1.14 bits per heavy atom. The molecule has 1 N–H and O–H groups in total. The van der Waals surface area contributed by atoms with Gasteiger partial charge >= 0.3 is 0 Å². The maximum absolute atomic E-state index is 12.6. The van der Waals surface area contributed by atoms with Crippen molar-refractivity contribution in [2.45, 2.75) is 20.4 Å². The predicted molar refractivity (Wildman–Crippen MR) is 102 cm³/mol. The number of aryl methyl sites for hydroxylation is 1. The van der Waals surface area contributed by atoms with Crippen LogP contribution >= 0.6 is 0 Å². The van der Waals surface area contributed by atoms with Gasteiger partial charge in [0.2, 0.25) is 12.7 Å². The highest BCUT2D eigenvalue weighted by atomic mass is 16.7. The maximum Gasteiger partial charge on any atom is 0.275 e. The summed E-state index contributed by atoms with van der Waals surface area (Å²) in [6, 6.07) is 10.2. The van der Waals surface area contributed by atoms with Gasteiger partial charge in [0.15, 0.2) is 17.3 Å². The van der Waals surface area contributed by atoms with Crippen LogP contribution in [0.3, 0.4) is 0 Å². The first-order chi connectivity index (χ1) is 13.4. The molecule has 1 aliphatic heterocycles. The monoisotopic (exact) mass is 379 g/mol. The molecular formula is C20H17N3O5. The number of aromatic nitrogens is 2. The summed E-state index contributed by atoms with van der Waals surface area (Å²) in [5, 5.41) is 8.14. The number of nitrogens with zero attached hydrogens (tertiary/aromatic N) is 2. The van der Waals surface area contributed by atoms with Gasteiger partial charge in [-0.15, -0.1) is 0 Å². The number of fused-ring (bicyclic) bond motifs is 2. The number of nitrogens with one attached hydrogen (secondary N) is 1. The van der Waals surface area contributed by atoms with E-state index in [1.807, 2.05) is 12.1 Å². The molecule has 0 unspecified atom stereocenters. The number of benzene rings is 2. The molecule has 28 heavy (non-hydrogen) atoms. The Kier molecular flexibility index (Phi) is 4.31. The van der Waals surface area contributed by atoms with E-state index in [9.17, 15) is 14.4 Å². The Balaban J connectivity index is 1.64. The van der Waals surface area contributed by atoms with Crippen molar-refractivity contribution in [3.05, 3.63) is 58.0 Å². The highest BCUT2D eigenvalue weighted by molar-refractivity contribution is 6.04. The van der Waals surface area contributed by atoms with Crippen LogP contribution in [0.15, 0.2) is 41.2 Å². The van der Waals surface area contributed by atoms with E-state index < -0.39 is 5.91 Å². The van der Waals surface area contributed by atoms with Crippen molar-refractivity contribution in [1.29, 1.82) is 0 Å². The molecule has 0 saturated heterocycles. The average Bonchev–Trinajstić information content (AvgIpc) is 3.12. The van der Waals surface area contributed by atoms with Crippen molar-refractivity contribution >= 4 is 28.2 Å². The lowest BCUT2D eigenvalue weighted by atomic mass is 10.1. The third kappa shape index (κ3) is 3.09. The van der Waals surface area contributed by atoms with Crippen LogP contribution in [-0.2, 0) is 11.3 Å². The highest BCUT2D eigenvalue weighted by Crippen LogP contribution is 2.37. The van der Waals surface area contributed by atoms with E-state index >= 15 is 0 Å². The van der Waals surface area contributed by atoms with Crippen LogP contribution in [0.2, 0.25) is 0 Å². The van der Waals surface area contributed by atoms with Crippen LogP contribution in [-0.4, -0.2) is 28.3 Å². The van der Waals surface area contributed by atoms with E-state index in [-0.39, 0.29) is 24.7 Å². The van der Waals surface area contributed by atoms with E-state index in [1.165, 1.54) is 13.0 Å². The molecule has 1 aliphatic rings. The van der Waals surface area contributed by atoms with Crippen molar-refractivity contribution in [2.24, 2.45) is 0 Å². The number of ketones is 1. The van der Waals surface area contributed by atoms with Crippen LogP contribution in [0.4, 0.5) is 5.69 Å². The molecule has 0 atom stereocenters. The molecule has 0 aliphatic carbocycles. The second kappa shape index (κ2) is 6.80. The highest BCUT2D eigenvalue weighted by Gasteiger charge is 2.21. The summed E-state index contributed by atoms with van der Waals surface area (Å²) in [6.45, 7) is 2.95. The molecule has 0 radical (unpaired) electrons. The minimum Gasteiger partial charge on any atom is -0.454 e. The Morgan fingerprint density at radius 2 is 1.82 bits per heavy atom. The quantitative estimate of drug-likeness (QED) is 0.698. The summed E-state index contributed by atoms with van der Waals surface area (Å²) in [6.07, 6.45) is 0. The lowest BCUT2D eigenvalue weighted by molar-refractivity contribution is -0.117. The molecule has 0 bridgehead atoms. The van der Waals surface area contributed by atoms with Crippen molar-refractivity contribution in [3.8, 4) is 11.5 Å². The average molecular weight is 379 g/mol. The summed E-state index contributed by atoms with van der Waals surface area (Å²) in [4.78, 5) is 37.1. The number of carbonyl (C=O) groups excluding carboxylic acids is 2. The smallest absolute Gasteiger partial charge is 0.275 e. The van der Waals surface area contributed by atoms with Gasteiger partial charge in [-0.25, -0.2) is 4.68 Å². The fourth-order valence-electron chi connectivity index (χ4n) is 3.17. The van der Waals surface area contributed by atoms with E-state index in [0.29, 0.717) is 33.8 Å². The third-order valence-electron chi connectivity index (χ3n) is 4.51.